The molecule has 0 spiro atoms. The monoisotopic (exact) mass is 340 g/mol. The van der Waals surface area contributed by atoms with Gasteiger partial charge in [0.25, 0.3) is 0 Å². The Morgan fingerprint density at radius 1 is 0.833 bits per heavy atom. The van der Waals surface area contributed by atoms with Gasteiger partial charge in [0.2, 0.25) is 0 Å². The second-order valence-corrected chi connectivity index (χ2v) is 6.52. The van der Waals surface area contributed by atoms with Crippen LogP contribution in [0.15, 0.2) is 12.2 Å². The molecule has 0 N–H and O–H groups in total. The fraction of sp³-hybridized carbons (Fsp3) is 0.857. The van der Waals surface area contributed by atoms with Crippen molar-refractivity contribution in [1.82, 2.24) is 0 Å². The van der Waals surface area contributed by atoms with Crippen molar-refractivity contribution in [3.63, 3.8) is 0 Å². The van der Waals surface area contributed by atoms with Gasteiger partial charge in [0.05, 0.1) is 20.3 Å². The summed E-state index contributed by atoms with van der Waals surface area (Å²) in [5, 5.41) is 0. The summed E-state index contributed by atoms with van der Waals surface area (Å²) in [6, 6.07) is 0. The van der Waals surface area contributed by atoms with Crippen LogP contribution in [0.2, 0.25) is 0 Å². The molecular weight excluding hydrogens is 300 g/mol. The predicted octanol–water partition coefficient (Wildman–Crippen LogP) is 6.21. The summed E-state index contributed by atoms with van der Waals surface area (Å²) < 4.78 is 9.12. The van der Waals surface area contributed by atoms with Gasteiger partial charge in [-0.15, -0.1) is 0 Å². The number of methoxy groups -OCH3 is 1. The summed E-state index contributed by atoms with van der Waals surface area (Å²) in [6.45, 7) is 4.27. The van der Waals surface area contributed by atoms with E-state index in [-0.39, 0.29) is 5.97 Å². The first-order valence-electron chi connectivity index (χ1n) is 10.1. The Balaban J connectivity index is 0.00000157. The molecule has 0 bridgehead atoms. The second-order valence-electron chi connectivity index (χ2n) is 6.52. The minimum absolute atomic E-state index is 0.0763. The maximum Gasteiger partial charge on any atom is 0.305 e. The summed E-state index contributed by atoms with van der Waals surface area (Å²) in [4.78, 5) is 10.9. The zero-order valence-electron chi connectivity index (χ0n) is 16.2. The van der Waals surface area contributed by atoms with E-state index in [1.165, 1.54) is 77.7 Å². The molecule has 0 aliphatic carbocycles. The smallest absolute Gasteiger partial charge is 0.305 e. The van der Waals surface area contributed by atoms with Crippen LogP contribution in [0.4, 0.5) is 0 Å². The van der Waals surface area contributed by atoms with Crippen molar-refractivity contribution in [3.05, 3.63) is 12.2 Å². The normalized spacial score (nSPS) is 12.8. The fourth-order valence-corrected chi connectivity index (χ4v) is 2.44. The van der Waals surface area contributed by atoms with E-state index in [2.05, 4.69) is 28.5 Å². The maximum absolute atomic E-state index is 10.9. The summed E-state index contributed by atoms with van der Waals surface area (Å²) in [5.74, 6) is -0.0763. The SMILES string of the molecule is C1CO1.CCCCCCCC/C=C\CCCCCCCC(=O)OC. The van der Waals surface area contributed by atoms with Crippen molar-refractivity contribution in [2.45, 2.75) is 96.8 Å². The van der Waals surface area contributed by atoms with Crippen LogP contribution in [0.5, 0.6) is 0 Å². The highest BCUT2D eigenvalue weighted by atomic mass is 16.6. The Hall–Kier alpha value is -0.830. The predicted molar refractivity (Wildman–Crippen MR) is 102 cm³/mol. The van der Waals surface area contributed by atoms with Crippen LogP contribution in [0.25, 0.3) is 0 Å². The van der Waals surface area contributed by atoms with Crippen LogP contribution in [-0.2, 0) is 14.3 Å². The van der Waals surface area contributed by atoms with Gasteiger partial charge in [-0.3, -0.25) is 4.79 Å². The Bertz CT molecular complexity index is 282. The minimum atomic E-state index is -0.0763. The average Bonchev–Trinajstić information content (AvgIpc) is 3.47. The number of epoxide rings is 1. The molecule has 24 heavy (non-hydrogen) atoms. The number of rotatable bonds is 15. The summed E-state index contributed by atoms with van der Waals surface area (Å²) in [7, 11) is 1.46. The van der Waals surface area contributed by atoms with Crippen molar-refractivity contribution < 1.29 is 14.3 Å². The van der Waals surface area contributed by atoms with E-state index >= 15 is 0 Å². The highest BCUT2D eigenvalue weighted by Gasteiger charge is 1.98. The molecule has 0 radical (unpaired) electrons. The number of allylic oxidation sites excluding steroid dienone is 2. The molecule has 3 nitrogen and oxygen atoms in total. The molecule has 0 saturated carbocycles. The molecule has 1 heterocycles. The lowest BCUT2D eigenvalue weighted by atomic mass is 10.1. The zero-order valence-corrected chi connectivity index (χ0v) is 16.2. The Morgan fingerprint density at radius 2 is 1.29 bits per heavy atom. The van der Waals surface area contributed by atoms with Crippen LogP contribution >= 0.6 is 0 Å². The van der Waals surface area contributed by atoms with Crippen LogP contribution in [0, 0.1) is 0 Å². The molecule has 3 heteroatoms. The van der Waals surface area contributed by atoms with E-state index < -0.39 is 0 Å². The molecule has 142 valence electrons. The number of ether oxygens (including phenoxy) is 2. The lowest BCUT2D eigenvalue weighted by Gasteiger charge is -2.00. The van der Waals surface area contributed by atoms with E-state index in [0.29, 0.717) is 6.42 Å². The number of unbranched alkanes of at least 4 members (excludes halogenated alkanes) is 11. The highest BCUT2D eigenvalue weighted by Crippen LogP contribution is 2.10. The second kappa shape index (κ2) is 20.2. The molecular formula is C21H40O3. The Kier molecular flexibility index (Phi) is 19.5. The Labute approximate surface area is 150 Å². The minimum Gasteiger partial charge on any atom is -0.469 e. The molecule has 1 saturated heterocycles. The molecule has 0 atom stereocenters. The van der Waals surface area contributed by atoms with Crippen molar-refractivity contribution >= 4 is 5.97 Å². The summed E-state index contributed by atoms with van der Waals surface area (Å²) in [5.41, 5.74) is 0. The van der Waals surface area contributed by atoms with Crippen molar-refractivity contribution in [1.29, 1.82) is 0 Å². The number of carbonyl (C=O) groups excluding carboxylic acids is 1. The standard InChI is InChI=1S/C19H36O2.C2H4O/c1-3-4-5-6-7-8-9-10-11-12-13-14-15-16-17-18-19(20)21-2;1-2-3-1/h10-11H,3-9,12-18H2,1-2H3;1-2H2/b11-10-;. The van der Waals surface area contributed by atoms with Crippen LogP contribution in [0.3, 0.4) is 0 Å². The molecule has 0 aromatic rings. The summed E-state index contributed by atoms with van der Waals surface area (Å²) in [6.07, 6.45) is 22.0. The van der Waals surface area contributed by atoms with Gasteiger partial charge in [0.1, 0.15) is 0 Å². The first-order valence-corrected chi connectivity index (χ1v) is 10.1. The van der Waals surface area contributed by atoms with Gasteiger partial charge >= 0.3 is 5.97 Å². The van der Waals surface area contributed by atoms with E-state index in [0.717, 1.165) is 26.1 Å². The van der Waals surface area contributed by atoms with Gasteiger partial charge < -0.3 is 9.47 Å². The first kappa shape index (κ1) is 23.2. The van der Waals surface area contributed by atoms with E-state index in [9.17, 15) is 4.79 Å². The molecule has 0 amide bonds. The molecule has 0 unspecified atom stereocenters. The molecule has 0 aromatic heterocycles. The number of hydrogen-bond donors (Lipinski definition) is 0. The molecule has 0 aromatic carbocycles. The quantitative estimate of drug-likeness (QED) is 0.154. The molecule has 1 fully saturated rings. The van der Waals surface area contributed by atoms with Crippen LogP contribution in [0.1, 0.15) is 96.8 Å². The highest BCUT2D eigenvalue weighted by molar-refractivity contribution is 5.68. The molecule has 1 aliphatic heterocycles. The van der Waals surface area contributed by atoms with E-state index in [1.54, 1.807) is 0 Å². The van der Waals surface area contributed by atoms with Gasteiger partial charge in [-0.1, -0.05) is 70.4 Å². The van der Waals surface area contributed by atoms with Gasteiger partial charge in [-0.2, -0.15) is 0 Å². The largest absolute Gasteiger partial charge is 0.469 e. The Morgan fingerprint density at radius 3 is 1.75 bits per heavy atom. The zero-order chi connectivity index (χ0) is 17.7. The van der Waals surface area contributed by atoms with E-state index in [1.807, 2.05) is 0 Å². The lowest BCUT2D eigenvalue weighted by Crippen LogP contribution is -1.98. The molecule has 1 aliphatic rings. The van der Waals surface area contributed by atoms with Gasteiger partial charge in [-0.25, -0.2) is 0 Å². The average molecular weight is 341 g/mol. The third-order valence-electron chi connectivity index (χ3n) is 4.07. The first-order chi connectivity index (χ1) is 11.8. The fourth-order valence-electron chi connectivity index (χ4n) is 2.44. The van der Waals surface area contributed by atoms with E-state index in [4.69, 9.17) is 0 Å². The third kappa shape index (κ3) is 23.4. The number of hydrogen-bond acceptors (Lipinski definition) is 3. The molecule has 1 rings (SSSR count). The van der Waals surface area contributed by atoms with Crippen LogP contribution < -0.4 is 0 Å². The van der Waals surface area contributed by atoms with Crippen molar-refractivity contribution in [2.24, 2.45) is 0 Å². The summed E-state index contributed by atoms with van der Waals surface area (Å²) >= 11 is 0. The lowest BCUT2D eigenvalue weighted by molar-refractivity contribution is -0.140. The topological polar surface area (TPSA) is 38.8 Å². The van der Waals surface area contributed by atoms with Gasteiger partial charge in [0.15, 0.2) is 0 Å². The number of carbonyl (C=O) groups is 1. The maximum atomic E-state index is 10.9. The third-order valence-corrected chi connectivity index (χ3v) is 4.07. The van der Waals surface area contributed by atoms with Crippen molar-refractivity contribution in [2.75, 3.05) is 20.3 Å². The van der Waals surface area contributed by atoms with Crippen LogP contribution in [-0.4, -0.2) is 26.3 Å². The number of esters is 1. The van der Waals surface area contributed by atoms with Gasteiger partial charge in [-0.05, 0) is 32.1 Å². The van der Waals surface area contributed by atoms with Gasteiger partial charge in [0, 0.05) is 6.42 Å². The van der Waals surface area contributed by atoms with Crippen molar-refractivity contribution in [3.8, 4) is 0 Å².